The van der Waals surface area contributed by atoms with E-state index in [2.05, 4.69) is 24.0 Å². The molecule has 0 unspecified atom stereocenters. The van der Waals surface area contributed by atoms with Crippen LogP contribution in [0.3, 0.4) is 0 Å². The number of ether oxygens (including phenoxy) is 1. The van der Waals surface area contributed by atoms with Crippen LogP contribution >= 0.6 is 22.9 Å². The fourth-order valence-corrected chi connectivity index (χ4v) is 7.85. The van der Waals surface area contributed by atoms with Crippen LogP contribution in [0, 0.1) is 5.92 Å². The molecule has 0 saturated carbocycles. The average molecular weight is 591 g/mol. The molecule has 0 radical (unpaired) electrons. The molecule has 8 nitrogen and oxygen atoms in total. The van der Waals surface area contributed by atoms with Gasteiger partial charge in [-0.05, 0) is 67.6 Å². The van der Waals surface area contributed by atoms with Gasteiger partial charge in [-0.25, -0.2) is 13.4 Å². The Morgan fingerprint density at radius 3 is 2.51 bits per heavy atom. The molecule has 39 heavy (non-hydrogen) atoms. The molecule has 2 saturated heterocycles. The van der Waals surface area contributed by atoms with Gasteiger partial charge in [0.25, 0.3) is 0 Å². The van der Waals surface area contributed by atoms with E-state index in [1.165, 1.54) is 22.0 Å². The van der Waals surface area contributed by atoms with Crippen molar-refractivity contribution in [2.75, 3.05) is 57.4 Å². The fraction of sp³-hybridized carbons (Fsp3) is 0.500. The lowest BCUT2D eigenvalue weighted by molar-refractivity contribution is -0.123. The highest BCUT2D eigenvalue weighted by Gasteiger charge is 2.35. The lowest BCUT2D eigenvalue weighted by Crippen LogP contribution is -2.45. The van der Waals surface area contributed by atoms with Gasteiger partial charge in [0.2, 0.25) is 15.9 Å². The van der Waals surface area contributed by atoms with E-state index in [1.54, 1.807) is 23.5 Å². The van der Waals surface area contributed by atoms with Gasteiger partial charge in [0.15, 0.2) is 5.13 Å². The molecular weight excluding hydrogens is 556 g/mol. The first kappa shape index (κ1) is 28.4. The van der Waals surface area contributed by atoms with Gasteiger partial charge in [-0.2, -0.15) is 4.31 Å². The van der Waals surface area contributed by atoms with Crippen LogP contribution in [0.5, 0.6) is 0 Å². The van der Waals surface area contributed by atoms with Crippen LogP contribution < -0.4 is 4.90 Å². The van der Waals surface area contributed by atoms with Crippen LogP contribution in [0.4, 0.5) is 5.13 Å². The number of aromatic nitrogens is 1. The van der Waals surface area contributed by atoms with Gasteiger partial charge in [-0.3, -0.25) is 14.6 Å². The monoisotopic (exact) mass is 590 g/mol. The third kappa shape index (κ3) is 6.64. The van der Waals surface area contributed by atoms with E-state index < -0.39 is 10.0 Å². The number of nitrogens with zero attached hydrogens (tertiary/aromatic N) is 4. The fourth-order valence-electron chi connectivity index (χ4n) is 5.19. The van der Waals surface area contributed by atoms with E-state index in [-0.39, 0.29) is 16.7 Å². The molecular formula is C28H35ClN4O4S2. The molecule has 2 aliphatic heterocycles. The van der Waals surface area contributed by atoms with Gasteiger partial charge in [0, 0.05) is 50.2 Å². The molecule has 0 aliphatic carbocycles. The van der Waals surface area contributed by atoms with E-state index in [1.807, 2.05) is 11.0 Å². The van der Waals surface area contributed by atoms with Crippen molar-refractivity contribution in [2.24, 2.45) is 5.92 Å². The number of aryl methyl sites for hydroxylation is 1. The zero-order valence-electron chi connectivity index (χ0n) is 22.2. The van der Waals surface area contributed by atoms with Crippen molar-refractivity contribution in [3.63, 3.8) is 0 Å². The number of carbonyl (C=O) groups excluding carboxylic acids is 1. The summed E-state index contributed by atoms with van der Waals surface area (Å²) in [7, 11) is -3.63. The van der Waals surface area contributed by atoms with Crippen molar-refractivity contribution in [2.45, 2.75) is 37.5 Å². The Hall–Kier alpha value is -2.08. The molecule has 3 heterocycles. The van der Waals surface area contributed by atoms with Crippen molar-refractivity contribution in [3.8, 4) is 0 Å². The van der Waals surface area contributed by atoms with E-state index in [4.69, 9.17) is 21.3 Å². The van der Waals surface area contributed by atoms with Crippen LogP contribution in [0.2, 0.25) is 5.02 Å². The van der Waals surface area contributed by atoms with Crippen LogP contribution in [0.1, 0.15) is 31.7 Å². The number of hydrogen-bond donors (Lipinski definition) is 0. The van der Waals surface area contributed by atoms with Crippen LogP contribution in [0.15, 0.2) is 47.4 Å². The van der Waals surface area contributed by atoms with Crippen molar-refractivity contribution in [1.29, 1.82) is 0 Å². The number of anilines is 1. The third-order valence-corrected chi connectivity index (χ3v) is 10.8. The van der Waals surface area contributed by atoms with E-state index in [9.17, 15) is 13.2 Å². The molecule has 0 spiro atoms. The summed E-state index contributed by atoms with van der Waals surface area (Å²) in [4.78, 5) is 23.2. The first-order valence-electron chi connectivity index (χ1n) is 13.6. The lowest BCUT2D eigenvalue weighted by atomic mass is 9.96. The average Bonchev–Trinajstić information content (AvgIpc) is 3.39. The molecule has 0 atom stereocenters. The molecule has 2 aliphatic rings. The summed E-state index contributed by atoms with van der Waals surface area (Å²) in [5.74, 6) is -0.210. The highest BCUT2D eigenvalue weighted by Crippen LogP contribution is 2.33. The number of sulfonamides is 1. The molecule has 2 fully saturated rings. The predicted octanol–water partition coefficient (Wildman–Crippen LogP) is 4.67. The number of amides is 1. The second-order valence-electron chi connectivity index (χ2n) is 10.1. The minimum absolute atomic E-state index is 0.0373. The maximum Gasteiger partial charge on any atom is 0.243 e. The molecule has 1 amide bonds. The highest BCUT2D eigenvalue weighted by molar-refractivity contribution is 7.89. The van der Waals surface area contributed by atoms with Crippen molar-refractivity contribution in [3.05, 3.63) is 53.1 Å². The second kappa shape index (κ2) is 12.6. The molecule has 210 valence electrons. The van der Waals surface area contributed by atoms with Crippen LogP contribution in [-0.2, 0) is 26.0 Å². The lowest BCUT2D eigenvalue weighted by Gasteiger charge is -2.33. The summed E-state index contributed by atoms with van der Waals surface area (Å²) < 4.78 is 34.3. The summed E-state index contributed by atoms with van der Waals surface area (Å²) in [5, 5.41) is 1.22. The number of fused-ring (bicyclic) bond motifs is 1. The molecule has 0 N–H and O–H groups in total. The minimum Gasteiger partial charge on any atom is -0.379 e. The summed E-state index contributed by atoms with van der Waals surface area (Å²) in [5.41, 5.74) is 2.15. The maximum absolute atomic E-state index is 13.9. The van der Waals surface area contributed by atoms with Crippen molar-refractivity contribution >= 4 is 54.2 Å². The first-order valence-corrected chi connectivity index (χ1v) is 16.3. The topological polar surface area (TPSA) is 83.1 Å². The van der Waals surface area contributed by atoms with Crippen molar-refractivity contribution < 1.29 is 17.9 Å². The quantitative estimate of drug-likeness (QED) is 0.360. The zero-order chi connectivity index (χ0) is 27.4. The first-order chi connectivity index (χ1) is 18.8. The second-order valence-corrected chi connectivity index (χ2v) is 13.5. The Labute approximate surface area is 239 Å². The molecule has 11 heteroatoms. The van der Waals surface area contributed by atoms with Gasteiger partial charge in [-0.15, -0.1) is 0 Å². The summed E-state index contributed by atoms with van der Waals surface area (Å²) in [6.07, 6.45) is 2.75. The van der Waals surface area contributed by atoms with Crippen LogP contribution in [0.25, 0.3) is 10.2 Å². The standard InChI is InChI=1S/C28H35ClN4O4S2/c1-2-21-4-9-25-26(20-21)38-28(30-25)33(13-3-12-31-16-18-37-19-17-31)27(34)22-10-14-32(15-11-22)39(35,36)24-7-5-23(29)6-8-24/h4-9,20,22H,2-3,10-19H2,1H3. The number of thiazole rings is 1. The Morgan fingerprint density at radius 2 is 1.82 bits per heavy atom. The smallest absolute Gasteiger partial charge is 0.243 e. The number of rotatable bonds is 9. The SMILES string of the molecule is CCc1ccc2nc(N(CCCN3CCOCC3)C(=O)C3CCN(S(=O)(=O)c4ccc(Cl)cc4)CC3)sc2c1. The predicted molar refractivity (Wildman–Crippen MR) is 156 cm³/mol. The molecule has 2 aromatic carbocycles. The number of hydrogen-bond acceptors (Lipinski definition) is 7. The van der Waals surface area contributed by atoms with Crippen LogP contribution in [-0.4, -0.2) is 81.0 Å². The van der Waals surface area contributed by atoms with E-state index >= 15 is 0 Å². The summed E-state index contributed by atoms with van der Waals surface area (Å²) in [6, 6.07) is 12.5. The van der Waals surface area contributed by atoms with Gasteiger partial charge < -0.3 is 4.74 Å². The molecule has 3 aromatic rings. The molecule has 5 rings (SSSR count). The Bertz CT molecular complexity index is 1380. The third-order valence-electron chi connectivity index (χ3n) is 7.56. The Balaban J connectivity index is 1.30. The van der Waals surface area contributed by atoms with Gasteiger partial charge in [0.05, 0.1) is 28.3 Å². The minimum atomic E-state index is -3.63. The summed E-state index contributed by atoms with van der Waals surface area (Å²) in [6.45, 7) is 7.55. The molecule has 0 bridgehead atoms. The zero-order valence-corrected chi connectivity index (χ0v) is 24.6. The van der Waals surface area contributed by atoms with Gasteiger partial charge >= 0.3 is 0 Å². The van der Waals surface area contributed by atoms with E-state index in [0.29, 0.717) is 37.5 Å². The number of morpholine rings is 1. The Morgan fingerprint density at radius 1 is 1.10 bits per heavy atom. The number of carbonyl (C=O) groups is 1. The highest BCUT2D eigenvalue weighted by atomic mass is 35.5. The van der Waals surface area contributed by atoms with Gasteiger partial charge in [0.1, 0.15) is 0 Å². The maximum atomic E-state index is 13.9. The van der Waals surface area contributed by atoms with Crippen molar-refractivity contribution in [1.82, 2.24) is 14.2 Å². The normalized spacial score (nSPS) is 18.0. The molecule has 1 aromatic heterocycles. The van der Waals surface area contributed by atoms with Gasteiger partial charge in [-0.1, -0.05) is 35.9 Å². The number of halogens is 1. The number of benzene rings is 2. The Kier molecular flexibility index (Phi) is 9.20. The largest absolute Gasteiger partial charge is 0.379 e. The number of piperidine rings is 1. The summed E-state index contributed by atoms with van der Waals surface area (Å²) >= 11 is 7.50. The van der Waals surface area contributed by atoms with E-state index in [0.717, 1.165) is 61.0 Å².